The quantitative estimate of drug-likeness (QED) is 0.779. The molecule has 0 atom stereocenters. The van der Waals surface area contributed by atoms with E-state index in [0.29, 0.717) is 5.15 Å². The smallest absolute Gasteiger partial charge is 0.134 e. The van der Waals surface area contributed by atoms with Crippen LogP contribution in [0.5, 0.6) is 0 Å². The number of aromatic nitrogens is 2. The van der Waals surface area contributed by atoms with Crippen molar-refractivity contribution in [1.29, 1.82) is 0 Å². The molecule has 4 heteroatoms. The van der Waals surface area contributed by atoms with Crippen LogP contribution in [0.2, 0.25) is 5.15 Å². The highest BCUT2D eigenvalue weighted by Crippen LogP contribution is 2.25. The van der Waals surface area contributed by atoms with Gasteiger partial charge in [0.05, 0.1) is 0 Å². The number of halogens is 1. The van der Waals surface area contributed by atoms with Crippen molar-refractivity contribution in [3.63, 3.8) is 0 Å². The summed E-state index contributed by atoms with van der Waals surface area (Å²) in [5, 5.41) is 0.548. The fourth-order valence-electron chi connectivity index (χ4n) is 2.66. The van der Waals surface area contributed by atoms with E-state index < -0.39 is 0 Å². The van der Waals surface area contributed by atoms with Crippen molar-refractivity contribution in [3.8, 4) is 0 Å². The minimum atomic E-state index is 0.548. The van der Waals surface area contributed by atoms with Crippen LogP contribution in [0.3, 0.4) is 0 Å². The number of aryl methyl sites for hydroxylation is 1. The third-order valence-electron chi connectivity index (χ3n) is 3.69. The second-order valence-corrected chi connectivity index (χ2v) is 5.59. The summed E-state index contributed by atoms with van der Waals surface area (Å²) in [4.78, 5) is 11.0. The van der Waals surface area contributed by atoms with Crippen molar-refractivity contribution in [2.24, 2.45) is 5.92 Å². The molecule has 3 nitrogen and oxygen atoms in total. The highest BCUT2D eigenvalue weighted by atomic mass is 35.5. The van der Waals surface area contributed by atoms with E-state index in [1.807, 2.05) is 6.07 Å². The molecule has 0 saturated heterocycles. The molecule has 1 aromatic heterocycles. The Labute approximate surface area is 115 Å². The molecule has 1 fully saturated rings. The monoisotopic (exact) mass is 267 g/mol. The van der Waals surface area contributed by atoms with Gasteiger partial charge in [0.1, 0.15) is 16.8 Å². The van der Waals surface area contributed by atoms with Crippen LogP contribution in [0, 0.1) is 5.92 Å². The van der Waals surface area contributed by atoms with E-state index in [1.165, 1.54) is 32.1 Å². The fraction of sp³-hybridized carbons (Fsp3) is 0.714. The van der Waals surface area contributed by atoms with Crippen LogP contribution in [0.25, 0.3) is 0 Å². The molecule has 0 amide bonds. The molecule has 0 radical (unpaired) electrons. The average Bonchev–Trinajstić information content (AvgIpc) is 2.39. The minimum Gasteiger partial charge on any atom is -0.359 e. The van der Waals surface area contributed by atoms with Crippen LogP contribution in [-0.4, -0.2) is 23.6 Å². The largest absolute Gasteiger partial charge is 0.359 e. The second-order valence-electron chi connectivity index (χ2n) is 5.20. The summed E-state index contributed by atoms with van der Waals surface area (Å²) < 4.78 is 0. The molecule has 100 valence electrons. The Hall–Kier alpha value is -0.830. The highest BCUT2D eigenvalue weighted by Gasteiger charge is 2.16. The van der Waals surface area contributed by atoms with Gasteiger partial charge in [-0.1, -0.05) is 37.8 Å². The Kier molecular flexibility index (Phi) is 4.81. The van der Waals surface area contributed by atoms with Crippen molar-refractivity contribution in [2.75, 3.05) is 18.5 Å². The number of hydrogen-bond donors (Lipinski definition) is 0. The average molecular weight is 268 g/mol. The number of nitrogens with zero attached hydrogens (tertiary/aromatic N) is 3. The zero-order valence-electron chi connectivity index (χ0n) is 11.3. The highest BCUT2D eigenvalue weighted by molar-refractivity contribution is 6.29. The van der Waals surface area contributed by atoms with Gasteiger partial charge in [-0.25, -0.2) is 9.97 Å². The lowest BCUT2D eigenvalue weighted by molar-refractivity contribution is 0.361. The van der Waals surface area contributed by atoms with Gasteiger partial charge >= 0.3 is 0 Å². The van der Waals surface area contributed by atoms with Gasteiger partial charge in [0.2, 0.25) is 0 Å². The topological polar surface area (TPSA) is 29.0 Å². The first-order chi connectivity index (χ1) is 8.69. The van der Waals surface area contributed by atoms with Gasteiger partial charge in [-0.2, -0.15) is 0 Å². The van der Waals surface area contributed by atoms with E-state index in [0.717, 1.165) is 30.5 Å². The summed E-state index contributed by atoms with van der Waals surface area (Å²) in [5.74, 6) is 2.59. The second kappa shape index (κ2) is 6.37. The summed E-state index contributed by atoms with van der Waals surface area (Å²) in [5.41, 5.74) is 0. The van der Waals surface area contributed by atoms with Gasteiger partial charge in [0, 0.05) is 26.1 Å². The van der Waals surface area contributed by atoms with Crippen molar-refractivity contribution in [1.82, 2.24) is 9.97 Å². The Balaban J connectivity index is 2.02. The molecular formula is C14H22ClN3. The van der Waals surface area contributed by atoms with Gasteiger partial charge in [-0.3, -0.25) is 0 Å². The molecule has 0 aromatic carbocycles. The SMILES string of the molecule is CCc1nc(Cl)cc(N(C)CC2CCCCC2)n1. The Morgan fingerprint density at radius 1 is 1.28 bits per heavy atom. The maximum atomic E-state index is 6.04. The summed E-state index contributed by atoms with van der Waals surface area (Å²) in [7, 11) is 2.10. The molecular weight excluding hydrogens is 246 g/mol. The normalized spacial score (nSPS) is 16.8. The van der Waals surface area contributed by atoms with Gasteiger partial charge in [0.25, 0.3) is 0 Å². The lowest BCUT2D eigenvalue weighted by Gasteiger charge is -2.27. The van der Waals surface area contributed by atoms with Crippen LogP contribution in [-0.2, 0) is 6.42 Å². The maximum Gasteiger partial charge on any atom is 0.134 e. The Morgan fingerprint density at radius 2 is 2.00 bits per heavy atom. The number of anilines is 1. The van der Waals surface area contributed by atoms with E-state index in [4.69, 9.17) is 11.6 Å². The third kappa shape index (κ3) is 3.58. The molecule has 0 unspecified atom stereocenters. The van der Waals surface area contributed by atoms with E-state index in [1.54, 1.807) is 0 Å². The lowest BCUT2D eigenvalue weighted by atomic mass is 9.89. The Bertz CT molecular complexity index is 389. The van der Waals surface area contributed by atoms with Gasteiger partial charge in [0.15, 0.2) is 0 Å². The fourth-order valence-corrected chi connectivity index (χ4v) is 2.85. The van der Waals surface area contributed by atoms with Gasteiger partial charge in [-0.05, 0) is 18.8 Å². The summed E-state index contributed by atoms with van der Waals surface area (Å²) in [6, 6.07) is 1.86. The zero-order chi connectivity index (χ0) is 13.0. The first kappa shape index (κ1) is 13.6. The maximum absolute atomic E-state index is 6.04. The van der Waals surface area contributed by atoms with Crippen LogP contribution < -0.4 is 4.90 Å². The molecule has 1 heterocycles. The van der Waals surface area contributed by atoms with Crippen molar-refractivity contribution in [2.45, 2.75) is 45.4 Å². The molecule has 18 heavy (non-hydrogen) atoms. The summed E-state index contributed by atoms with van der Waals surface area (Å²) >= 11 is 6.04. The first-order valence-corrected chi connectivity index (χ1v) is 7.31. The molecule has 1 aliphatic carbocycles. The first-order valence-electron chi connectivity index (χ1n) is 6.93. The Morgan fingerprint density at radius 3 is 2.67 bits per heavy atom. The standard InChI is InChI=1S/C14H22ClN3/c1-3-13-16-12(15)9-14(17-13)18(2)10-11-7-5-4-6-8-11/h9,11H,3-8,10H2,1-2H3. The molecule has 0 bridgehead atoms. The molecule has 1 saturated carbocycles. The predicted octanol–water partition coefficient (Wildman–Crippen LogP) is 3.71. The number of hydrogen-bond acceptors (Lipinski definition) is 3. The summed E-state index contributed by atoms with van der Waals surface area (Å²) in [6.07, 6.45) is 7.68. The van der Waals surface area contributed by atoms with Crippen molar-refractivity contribution in [3.05, 3.63) is 17.0 Å². The molecule has 1 aromatic rings. The minimum absolute atomic E-state index is 0.548. The zero-order valence-corrected chi connectivity index (χ0v) is 12.1. The molecule has 0 aliphatic heterocycles. The number of rotatable bonds is 4. The molecule has 0 spiro atoms. The van der Waals surface area contributed by atoms with Crippen LogP contribution >= 0.6 is 11.6 Å². The van der Waals surface area contributed by atoms with E-state index in [-0.39, 0.29) is 0 Å². The van der Waals surface area contributed by atoms with Crippen LogP contribution in [0.4, 0.5) is 5.82 Å². The summed E-state index contributed by atoms with van der Waals surface area (Å²) in [6.45, 7) is 3.13. The van der Waals surface area contributed by atoms with Gasteiger partial charge in [-0.15, -0.1) is 0 Å². The van der Waals surface area contributed by atoms with E-state index in [2.05, 4.69) is 28.8 Å². The van der Waals surface area contributed by atoms with Crippen LogP contribution in [0.15, 0.2) is 6.07 Å². The van der Waals surface area contributed by atoms with Crippen LogP contribution in [0.1, 0.15) is 44.9 Å². The molecule has 2 rings (SSSR count). The van der Waals surface area contributed by atoms with Crippen molar-refractivity contribution < 1.29 is 0 Å². The lowest BCUT2D eigenvalue weighted by Crippen LogP contribution is -2.27. The van der Waals surface area contributed by atoms with Gasteiger partial charge < -0.3 is 4.90 Å². The van der Waals surface area contributed by atoms with E-state index in [9.17, 15) is 0 Å². The van der Waals surface area contributed by atoms with Crippen molar-refractivity contribution >= 4 is 17.4 Å². The van der Waals surface area contributed by atoms with E-state index >= 15 is 0 Å². The predicted molar refractivity (Wildman–Crippen MR) is 76.3 cm³/mol. The molecule has 1 aliphatic rings. The molecule has 0 N–H and O–H groups in total. The third-order valence-corrected chi connectivity index (χ3v) is 3.89.